The molecule has 250 valence electrons. The lowest BCUT2D eigenvalue weighted by Crippen LogP contribution is -2.59. The Labute approximate surface area is 256 Å². The molecule has 1 heterocycles. The second-order valence-corrected chi connectivity index (χ2v) is 12.1. The van der Waals surface area contributed by atoms with Crippen LogP contribution in [0.25, 0.3) is 0 Å². The van der Waals surface area contributed by atoms with Crippen molar-refractivity contribution in [1.82, 2.24) is 5.32 Å². The van der Waals surface area contributed by atoms with E-state index in [2.05, 4.69) is 19.2 Å². The molecule has 0 aromatic rings. The lowest BCUT2D eigenvalue weighted by Gasteiger charge is -2.40. The molecule has 0 saturated carbocycles. The van der Waals surface area contributed by atoms with Gasteiger partial charge in [-0.15, -0.1) is 0 Å². The molecule has 0 aromatic heterocycles. The number of aliphatic hydroxyl groups is 4. The van der Waals surface area contributed by atoms with Crippen molar-refractivity contribution in [2.75, 3.05) is 26.4 Å². The Morgan fingerprint density at radius 2 is 1.19 bits per heavy atom. The van der Waals surface area contributed by atoms with Crippen LogP contribution < -0.4 is 5.32 Å². The number of hydrogen-bond acceptors (Lipinski definition) is 8. The van der Waals surface area contributed by atoms with Crippen molar-refractivity contribution in [3.8, 4) is 0 Å². The third-order valence-corrected chi connectivity index (χ3v) is 8.14. The first-order valence-corrected chi connectivity index (χ1v) is 17.2. The molecule has 5 N–H and O–H groups in total. The Kier molecular flexibility index (Phi) is 24.8. The van der Waals surface area contributed by atoms with Crippen LogP contribution in [0.5, 0.6) is 0 Å². The Bertz CT molecular complexity index is 623. The fourth-order valence-corrected chi connectivity index (χ4v) is 5.36. The molecule has 1 saturated heterocycles. The first-order chi connectivity index (χ1) is 20.4. The monoisotopic (exact) mass is 603 g/mol. The number of carbonyl (C=O) groups excluding carboxylic acids is 1. The molecule has 0 aliphatic carbocycles. The fourth-order valence-electron chi connectivity index (χ4n) is 5.36. The number of nitrogens with one attached hydrogen (secondary N) is 1. The molecule has 9 heteroatoms. The minimum atomic E-state index is -1.51. The maximum Gasteiger partial charge on any atom is 0.220 e. The van der Waals surface area contributed by atoms with Gasteiger partial charge in [-0.3, -0.25) is 4.79 Å². The molecule has 0 bridgehead atoms. The quantitative estimate of drug-likeness (QED) is 0.0775. The van der Waals surface area contributed by atoms with Crippen LogP contribution >= 0.6 is 0 Å². The molecule has 0 radical (unpaired) electrons. The average Bonchev–Trinajstić information content (AvgIpc) is 2.99. The topological polar surface area (TPSA) is 138 Å². The summed E-state index contributed by atoms with van der Waals surface area (Å²) in [5.41, 5.74) is 0. The molecule has 1 unspecified atom stereocenters. The summed E-state index contributed by atoms with van der Waals surface area (Å²) in [5.74, 6) is -0.0668. The van der Waals surface area contributed by atoms with Gasteiger partial charge in [-0.25, -0.2) is 0 Å². The van der Waals surface area contributed by atoms with Crippen molar-refractivity contribution in [1.29, 1.82) is 0 Å². The van der Waals surface area contributed by atoms with Gasteiger partial charge in [0.15, 0.2) is 6.29 Å². The highest BCUT2D eigenvalue weighted by Crippen LogP contribution is 2.22. The van der Waals surface area contributed by atoms with Crippen molar-refractivity contribution in [2.45, 2.75) is 179 Å². The van der Waals surface area contributed by atoms with E-state index >= 15 is 0 Å². The third-order valence-electron chi connectivity index (χ3n) is 8.14. The summed E-state index contributed by atoms with van der Waals surface area (Å²) in [6.45, 7) is 4.81. The SMILES string of the molecule is CCCCCCCCCCCCOCC(CO[C@@H]1O[C@H](CO)[C@H](O)[C@H](O)[C@H]1O)NC(=O)CCCCCCCCCCC. The summed E-state index contributed by atoms with van der Waals surface area (Å²) in [6, 6.07) is -0.452. The van der Waals surface area contributed by atoms with Gasteiger partial charge in [-0.1, -0.05) is 123 Å². The first-order valence-electron chi connectivity index (χ1n) is 17.2. The Hall–Kier alpha value is -0.810. The van der Waals surface area contributed by atoms with Crippen molar-refractivity contribution < 1.29 is 39.4 Å². The van der Waals surface area contributed by atoms with E-state index in [0.717, 1.165) is 32.1 Å². The lowest BCUT2D eigenvalue weighted by molar-refractivity contribution is -0.302. The maximum absolute atomic E-state index is 12.7. The molecule has 1 rings (SSSR count). The highest BCUT2D eigenvalue weighted by Gasteiger charge is 2.44. The summed E-state index contributed by atoms with van der Waals surface area (Å²) >= 11 is 0. The molecule has 0 aromatic carbocycles. The number of hydrogen-bond donors (Lipinski definition) is 5. The number of ether oxygens (including phenoxy) is 3. The molecular formula is C33H65NO8. The van der Waals surface area contributed by atoms with Gasteiger partial charge in [0.05, 0.1) is 25.9 Å². The van der Waals surface area contributed by atoms with Gasteiger partial charge in [-0.2, -0.15) is 0 Å². The molecule has 6 atom stereocenters. The van der Waals surface area contributed by atoms with Gasteiger partial charge >= 0.3 is 0 Å². The normalized spacial score (nSPS) is 23.2. The molecule has 1 aliphatic rings. The Morgan fingerprint density at radius 3 is 1.71 bits per heavy atom. The van der Waals surface area contributed by atoms with Gasteiger partial charge < -0.3 is 40.0 Å². The van der Waals surface area contributed by atoms with Crippen molar-refractivity contribution in [2.24, 2.45) is 0 Å². The Balaban J connectivity index is 2.38. The molecule has 42 heavy (non-hydrogen) atoms. The van der Waals surface area contributed by atoms with E-state index in [1.807, 2.05) is 0 Å². The van der Waals surface area contributed by atoms with E-state index in [4.69, 9.17) is 14.2 Å². The predicted octanol–water partition coefficient (Wildman–Crippen LogP) is 5.15. The number of aliphatic hydroxyl groups excluding tert-OH is 4. The van der Waals surface area contributed by atoms with E-state index < -0.39 is 43.4 Å². The van der Waals surface area contributed by atoms with E-state index in [0.29, 0.717) is 13.0 Å². The summed E-state index contributed by atoms with van der Waals surface area (Å²) in [6.07, 6.45) is 16.9. The minimum absolute atomic E-state index is 0.00419. The second kappa shape index (κ2) is 26.6. The van der Waals surface area contributed by atoms with E-state index in [1.54, 1.807) is 0 Å². The van der Waals surface area contributed by atoms with Gasteiger partial charge in [0, 0.05) is 13.0 Å². The standard InChI is InChI=1S/C33H65NO8/c1-3-5-7-9-11-13-15-17-19-21-23-40-25-27(26-41-33-32(39)31(38)30(37)28(24-35)42-33)34-29(36)22-20-18-16-14-12-10-8-6-4-2/h27-28,30-33,35,37-39H,3-26H2,1-2H3,(H,34,36)/t27?,28-,30+,31+,32-,33-/m1/s1. The number of unbranched alkanes of at least 4 members (excludes halogenated alkanes) is 17. The molecule has 1 aliphatic heterocycles. The fraction of sp³-hybridized carbons (Fsp3) is 0.970. The molecule has 0 spiro atoms. The molecule has 1 amide bonds. The van der Waals surface area contributed by atoms with Crippen molar-refractivity contribution >= 4 is 5.91 Å². The van der Waals surface area contributed by atoms with Crippen LogP contribution in [-0.2, 0) is 19.0 Å². The minimum Gasteiger partial charge on any atom is -0.394 e. The van der Waals surface area contributed by atoms with E-state index in [9.17, 15) is 25.2 Å². The van der Waals surface area contributed by atoms with E-state index in [1.165, 1.54) is 89.9 Å². The van der Waals surface area contributed by atoms with Gasteiger partial charge in [0.25, 0.3) is 0 Å². The smallest absolute Gasteiger partial charge is 0.220 e. The predicted molar refractivity (Wildman–Crippen MR) is 166 cm³/mol. The Morgan fingerprint density at radius 1 is 0.690 bits per heavy atom. The molecular weight excluding hydrogens is 538 g/mol. The van der Waals surface area contributed by atoms with Crippen LogP contribution in [0, 0.1) is 0 Å². The zero-order valence-electron chi connectivity index (χ0n) is 26.9. The van der Waals surface area contributed by atoms with Crippen LogP contribution in [0.15, 0.2) is 0 Å². The molecule has 9 nitrogen and oxygen atoms in total. The highest BCUT2D eigenvalue weighted by atomic mass is 16.7. The highest BCUT2D eigenvalue weighted by molar-refractivity contribution is 5.76. The van der Waals surface area contributed by atoms with Gasteiger partial charge in [0.1, 0.15) is 24.4 Å². The van der Waals surface area contributed by atoms with Gasteiger partial charge in [0.2, 0.25) is 5.91 Å². The van der Waals surface area contributed by atoms with E-state index in [-0.39, 0.29) is 19.1 Å². The zero-order chi connectivity index (χ0) is 30.8. The van der Waals surface area contributed by atoms with Crippen LogP contribution in [0.4, 0.5) is 0 Å². The van der Waals surface area contributed by atoms with Crippen molar-refractivity contribution in [3.63, 3.8) is 0 Å². The van der Waals surface area contributed by atoms with Gasteiger partial charge in [-0.05, 0) is 12.8 Å². The number of carbonyl (C=O) groups is 1. The lowest BCUT2D eigenvalue weighted by atomic mass is 9.99. The summed E-state index contributed by atoms with van der Waals surface area (Å²) < 4.78 is 17.1. The summed E-state index contributed by atoms with van der Waals surface area (Å²) in [7, 11) is 0. The third kappa shape index (κ3) is 18.8. The second-order valence-electron chi connectivity index (χ2n) is 12.1. The van der Waals surface area contributed by atoms with Crippen LogP contribution in [0.1, 0.15) is 142 Å². The number of rotatable bonds is 28. The molecule has 1 fully saturated rings. The van der Waals surface area contributed by atoms with Crippen LogP contribution in [-0.4, -0.2) is 89.5 Å². The van der Waals surface area contributed by atoms with Crippen LogP contribution in [0.3, 0.4) is 0 Å². The number of amides is 1. The maximum atomic E-state index is 12.7. The zero-order valence-corrected chi connectivity index (χ0v) is 26.9. The first kappa shape index (κ1) is 39.2. The van der Waals surface area contributed by atoms with Crippen molar-refractivity contribution in [3.05, 3.63) is 0 Å². The summed E-state index contributed by atoms with van der Waals surface area (Å²) in [5, 5.41) is 42.8. The van der Waals surface area contributed by atoms with Crippen LogP contribution in [0.2, 0.25) is 0 Å². The average molecular weight is 604 g/mol. The largest absolute Gasteiger partial charge is 0.394 e. The summed E-state index contributed by atoms with van der Waals surface area (Å²) in [4.78, 5) is 12.7.